The number of morpholine rings is 1. The van der Waals surface area contributed by atoms with E-state index in [9.17, 15) is 0 Å². The number of hydrogen-bond donors (Lipinski definition) is 2. The Kier molecular flexibility index (Phi) is 6.34. The van der Waals surface area contributed by atoms with E-state index in [0.717, 1.165) is 26.2 Å². The molecule has 2 N–H and O–H groups in total. The molecular formula is C17H28N2O. The van der Waals surface area contributed by atoms with Crippen LogP contribution in [0.15, 0.2) is 24.3 Å². The van der Waals surface area contributed by atoms with E-state index in [0.29, 0.717) is 12.1 Å². The summed E-state index contributed by atoms with van der Waals surface area (Å²) in [4.78, 5) is 0. The van der Waals surface area contributed by atoms with Crippen LogP contribution in [0, 0.1) is 0 Å². The highest BCUT2D eigenvalue weighted by Gasteiger charge is 2.15. The Hall–Kier alpha value is -1.06. The Morgan fingerprint density at radius 3 is 2.80 bits per heavy atom. The minimum atomic E-state index is 0.454. The third-order valence-corrected chi connectivity index (χ3v) is 3.82. The lowest BCUT2D eigenvalue weighted by Gasteiger charge is -2.27. The molecule has 1 aromatic rings. The summed E-state index contributed by atoms with van der Waals surface area (Å²) in [6.45, 7) is 7.13. The Labute approximate surface area is 123 Å². The number of unbranched alkanes of at least 4 members (excludes halogenated alkanes) is 1. The van der Waals surface area contributed by atoms with Gasteiger partial charge in [0.2, 0.25) is 0 Å². The average Bonchev–Trinajstić information content (AvgIpc) is 2.47. The highest BCUT2D eigenvalue weighted by molar-refractivity contribution is 5.45. The zero-order valence-corrected chi connectivity index (χ0v) is 12.8. The molecule has 3 nitrogen and oxygen atoms in total. The van der Waals surface area contributed by atoms with E-state index in [1.807, 2.05) is 0 Å². The van der Waals surface area contributed by atoms with Gasteiger partial charge in [0.15, 0.2) is 0 Å². The Morgan fingerprint density at radius 2 is 2.15 bits per heavy atom. The molecule has 20 heavy (non-hydrogen) atoms. The summed E-state index contributed by atoms with van der Waals surface area (Å²) in [6, 6.07) is 9.82. The van der Waals surface area contributed by atoms with Crippen molar-refractivity contribution >= 4 is 5.69 Å². The summed E-state index contributed by atoms with van der Waals surface area (Å²) in [5.41, 5.74) is 2.65. The molecule has 1 heterocycles. The van der Waals surface area contributed by atoms with Gasteiger partial charge >= 0.3 is 0 Å². The lowest BCUT2D eigenvalue weighted by Crippen LogP contribution is -2.43. The first-order valence-corrected chi connectivity index (χ1v) is 7.94. The summed E-state index contributed by atoms with van der Waals surface area (Å²) < 4.78 is 5.50. The summed E-state index contributed by atoms with van der Waals surface area (Å²) in [5, 5.41) is 7.08. The molecule has 1 aliphatic heterocycles. The third-order valence-electron chi connectivity index (χ3n) is 3.82. The predicted octanol–water partition coefficient (Wildman–Crippen LogP) is 3.21. The quantitative estimate of drug-likeness (QED) is 0.802. The number of hydrogen-bond acceptors (Lipinski definition) is 3. The standard InChI is InChI=1S/C17H28N2O/c1-3-4-5-15-6-8-16(9-7-15)19-14(2)12-17-13-20-11-10-18-17/h6-9,14,17-19H,3-5,10-13H2,1-2H3. The van der Waals surface area contributed by atoms with Gasteiger partial charge in [-0.15, -0.1) is 0 Å². The highest BCUT2D eigenvalue weighted by Crippen LogP contribution is 2.14. The van der Waals surface area contributed by atoms with Crippen LogP contribution >= 0.6 is 0 Å². The SMILES string of the molecule is CCCCc1ccc(NC(C)CC2COCCN2)cc1. The number of anilines is 1. The van der Waals surface area contributed by atoms with Crippen LogP contribution in [-0.2, 0) is 11.2 Å². The van der Waals surface area contributed by atoms with Gasteiger partial charge in [0.25, 0.3) is 0 Å². The van der Waals surface area contributed by atoms with E-state index in [2.05, 4.69) is 48.7 Å². The van der Waals surface area contributed by atoms with E-state index in [-0.39, 0.29) is 0 Å². The van der Waals surface area contributed by atoms with E-state index in [1.165, 1.54) is 30.5 Å². The smallest absolute Gasteiger partial charge is 0.0621 e. The van der Waals surface area contributed by atoms with E-state index < -0.39 is 0 Å². The molecular weight excluding hydrogens is 248 g/mol. The molecule has 1 fully saturated rings. The molecule has 3 heteroatoms. The fourth-order valence-corrected chi connectivity index (χ4v) is 2.69. The normalized spacial score (nSPS) is 20.6. The summed E-state index contributed by atoms with van der Waals surface area (Å²) in [5.74, 6) is 0. The lowest BCUT2D eigenvalue weighted by molar-refractivity contribution is 0.0731. The molecule has 0 aromatic heterocycles. The van der Waals surface area contributed by atoms with E-state index >= 15 is 0 Å². The Morgan fingerprint density at radius 1 is 1.35 bits per heavy atom. The van der Waals surface area contributed by atoms with Crippen molar-refractivity contribution in [1.82, 2.24) is 5.32 Å². The van der Waals surface area contributed by atoms with Crippen LogP contribution in [0.4, 0.5) is 5.69 Å². The van der Waals surface area contributed by atoms with Crippen LogP contribution in [0.5, 0.6) is 0 Å². The van der Waals surface area contributed by atoms with Crippen molar-refractivity contribution in [1.29, 1.82) is 0 Å². The molecule has 1 aromatic carbocycles. The molecule has 0 aliphatic carbocycles. The molecule has 0 saturated carbocycles. The topological polar surface area (TPSA) is 33.3 Å². The minimum Gasteiger partial charge on any atom is -0.383 e. The summed E-state index contributed by atoms with van der Waals surface area (Å²) >= 11 is 0. The molecule has 1 aliphatic rings. The molecule has 0 radical (unpaired) electrons. The van der Waals surface area contributed by atoms with Gasteiger partial charge in [0.1, 0.15) is 0 Å². The van der Waals surface area contributed by atoms with Crippen molar-refractivity contribution in [3.63, 3.8) is 0 Å². The summed E-state index contributed by atoms with van der Waals surface area (Å²) in [7, 11) is 0. The second-order valence-corrected chi connectivity index (χ2v) is 5.81. The number of aryl methyl sites for hydroxylation is 1. The second kappa shape index (κ2) is 8.28. The van der Waals surface area contributed by atoms with Crippen LogP contribution in [-0.4, -0.2) is 31.8 Å². The molecule has 2 atom stereocenters. The maximum atomic E-state index is 5.50. The molecule has 0 amide bonds. The van der Waals surface area contributed by atoms with Crippen molar-refractivity contribution in [2.24, 2.45) is 0 Å². The maximum Gasteiger partial charge on any atom is 0.0621 e. The maximum absolute atomic E-state index is 5.50. The molecule has 1 saturated heterocycles. The monoisotopic (exact) mass is 276 g/mol. The van der Waals surface area contributed by atoms with Crippen molar-refractivity contribution in [3.05, 3.63) is 29.8 Å². The first kappa shape index (κ1) is 15.3. The van der Waals surface area contributed by atoms with Crippen molar-refractivity contribution in [3.8, 4) is 0 Å². The third kappa shape index (κ3) is 5.14. The van der Waals surface area contributed by atoms with Crippen LogP contribution in [0.2, 0.25) is 0 Å². The Balaban J connectivity index is 1.76. The van der Waals surface area contributed by atoms with Crippen LogP contribution in [0.1, 0.15) is 38.7 Å². The number of nitrogens with one attached hydrogen (secondary N) is 2. The number of ether oxygens (including phenoxy) is 1. The van der Waals surface area contributed by atoms with Gasteiger partial charge in [-0.25, -0.2) is 0 Å². The fraction of sp³-hybridized carbons (Fsp3) is 0.647. The molecule has 0 spiro atoms. The van der Waals surface area contributed by atoms with Crippen molar-refractivity contribution in [2.75, 3.05) is 25.1 Å². The van der Waals surface area contributed by atoms with Gasteiger partial charge in [-0.1, -0.05) is 25.5 Å². The van der Waals surface area contributed by atoms with Gasteiger partial charge in [0, 0.05) is 24.3 Å². The van der Waals surface area contributed by atoms with Crippen molar-refractivity contribution < 1.29 is 4.74 Å². The number of benzene rings is 1. The first-order chi connectivity index (χ1) is 9.78. The Bertz CT molecular complexity index is 371. The van der Waals surface area contributed by atoms with Crippen LogP contribution in [0.3, 0.4) is 0 Å². The van der Waals surface area contributed by atoms with Gasteiger partial charge < -0.3 is 15.4 Å². The molecule has 2 unspecified atom stereocenters. The predicted molar refractivity (Wildman–Crippen MR) is 85.4 cm³/mol. The zero-order chi connectivity index (χ0) is 14.2. The first-order valence-electron chi connectivity index (χ1n) is 7.94. The fourth-order valence-electron chi connectivity index (χ4n) is 2.69. The van der Waals surface area contributed by atoms with Crippen LogP contribution in [0.25, 0.3) is 0 Å². The minimum absolute atomic E-state index is 0.454. The molecule has 2 rings (SSSR count). The molecule has 112 valence electrons. The van der Waals surface area contributed by atoms with Crippen LogP contribution < -0.4 is 10.6 Å². The van der Waals surface area contributed by atoms with Gasteiger partial charge in [-0.2, -0.15) is 0 Å². The zero-order valence-electron chi connectivity index (χ0n) is 12.8. The van der Waals surface area contributed by atoms with E-state index in [4.69, 9.17) is 4.74 Å². The van der Waals surface area contributed by atoms with Gasteiger partial charge in [-0.05, 0) is 43.9 Å². The highest BCUT2D eigenvalue weighted by atomic mass is 16.5. The lowest BCUT2D eigenvalue weighted by atomic mass is 10.1. The van der Waals surface area contributed by atoms with E-state index in [1.54, 1.807) is 0 Å². The molecule has 0 bridgehead atoms. The van der Waals surface area contributed by atoms with Gasteiger partial charge in [0.05, 0.1) is 13.2 Å². The largest absolute Gasteiger partial charge is 0.383 e. The average molecular weight is 276 g/mol. The number of rotatable bonds is 7. The second-order valence-electron chi connectivity index (χ2n) is 5.81. The van der Waals surface area contributed by atoms with Gasteiger partial charge in [-0.3, -0.25) is 0 Å². The van der Waals surface area contributed by atoms with Crippen molar-refractivity contribution in [2.45, 2.75) is 51.6 Å². The summed E-state index contributed by atoms with van der Waals surface area (Å²) in [6.07, 6.45) is 4.82.